The summed E-state index contributed by atoms with van der Waals surface area (Å²) in [5, 5.41) is 0. The van der Waals surface area contributed by atoms with E-state index in [0.29, 0.717) is 46.1 Å². The SMILES string of the molecule is c1ccc(-c2cnc(-c3cccc(-c4cnc(-c5ccccn5)o4)n3)o2)nc1. The molecule has 134 valence electrons. The summed E-state index contributed by atoms with van der Waals surface area (Å²) in [6, 6.07) is 16.7. The smallest absolute Gasteiger partial charge is 0.245 e. The van der Waals surface area contributed by atoms with Gasteiger partial charge in [0, 0.05) is 12.4 Å². The van der Waals surface area contributed by atoms with Crippen LogP contribution in [0, 0.1) is 0 Å². The highest BCUT2D eigenvalue weighted by atomic mass is 16.4. The molecule has 0 amide bonds. The van der Waals surface area contributed by atoms with E-state index in [9.17, 15) is 0 Å². The molecule has 0 radical (unpaired) electrons. The van der Waals surface area contributed by atoms with Crippen molar-refractivity contribution in [3.05, 3.63) is 79.4 Å². The highest BCUT2D eigenvalue weighted by Gasteiger charge is 2.14. The maximum atomic E-state index is 5.83. The van der Waals surface area contributed by atoms with Crippen LogP contribution in [0.1, 0.15) is 0 Å². The molecule has 0 bridgehead atoms. The molecule has 0 fully saturated rings. The van der Waals surface area contributed by atoms with Crippen molar-refractivity contribution in [3.8, 4) is 46.1 Å². The van der Waals surface area contributed by atoms with Crippen LogP contribution in [0.2, 0.25) is 0 Å². The number of aromatic nitrogens is 5. The number of rotatable bonds is 4. The lowest BCUT2D eigenvalue weighted by molar-refractivity contribution is 0.580. The second-order valence-corrected chi connectivity index (χ2v) is 5.90. The molecule has 7 heteroatoms. The summed E-state index contributed by atoms with van der Waals surface area (Å²) in [5.74, 6) is 1.97. The van der Waals surface area contributed by atoms with Gasteiger partial charge in [-0.2, -0.15) is 0 Å². The Morgan fingerprint density at radius 3 is 1.75 bits per heavy atom. The third-order valence-corrected chi connectivity index (χ3v) is 4.03. The van der Waals surface area contributed by atoms with E-state index in [1.165, 1.54) is 0 Å². The Hall–Kier alpha value is -4.13. The summed E-state index contributed by atoms with van der Waals surface area (Å²) >= 11 is 0. The molecule has 0 aliphatic rings. The summed E-state index contributed by atoms with van der Waals surface area (Å²) < 4.78 is 11.7. The van der Waals surface area contributed by atoms with Gasteiger partial charge in [0.1, 0.15) is 22.8 Å². The summed E-state index contributed by atoms with van der Waals surface area (Å²) in [6.45, 7) is 0. The molecule has 5 aromatic rings. The molecule has 0 spiro atoms. The third-order valence-electron chi connectivity index (χ3n) is 4.03. The molecule has 0 saturated carbocycles. The molecule has 7 nitrogen and oxygen atoms in total. The lowest BCUT2D eigenvalue weighted by Gasteiger charge is -1.99. The fraction of sp³-hybridized carbons (Fsp3) is 0. The Balaban J connectivity index is 1.46. The van der Waals surface area contributed by atoms with E-state index >= 15 is 0 Å². The minimum atomic E-state index is 0.409. The van der Waals surface area contributed by atoms with Crippen molar-refractivity contribution in [2.45, 2.75) is 0 Å². The average Bonchev–Trinajstić information content (AvgIpc) is 3.46. The first-order valence-corrected chi connectivity index (χ1v) is 8.59. The van der Waals surface area contributed by atoms with Crippen LogP contribution in [0.3, 0.4) is 0 Å². The molecular formula is C21H13N5O2. The van der Waals surface area contributed by atoms with Crippen molar-refractivity contribution in [1.82, 2.24) is 24.9 Å². The number of pyridine rings is 3. The lowest BCUT2D eigenvalue weighted by Crippen LogP contribution is -1.86. The molecule has 0 aliphatic carbocycles. The average molecular weight is 367 g/mol. The second kappa shape index (κ2) is 6.88. The molecular weight excluding hydrogens is 354 g/mol. The van der Waals surface area contributed by atoms with Crippen LogP contribution in [-0.4, -0.2) is 24.9 Å². The minimum Gasteiger partial charge on any atom is -0.433 e. The van der Waals surface area contributed by atoms with Crippen molar-refractivity contribution in [2.75, 3.05) is 0 Å². The van der Waals surface area contributed by atoms with Gasteiger partial charge in [-0.15, -0.1) is 0 Å². The topological polar surface area (TPSA) is 90.7 Å². The lowest BCUT2D eigenvalue weighted by atomic mass is 10.2. The summed E-state index contributed by atoms with van der Waals surface area (Å²) in [5.41, 5.74) is 2.60. The normalized spacial score (nSPS) is 10.9. The zero-order valence-corrected chi connectivity index (χ0v) is 14.6. The van der Waals surface area contributed by atoms with Crippen LogP contribution < -0.4 is 0 Å². The van der Waals surface area contributed by atoms with Crippen molar-refractivity contribution in [3.63, 3.8) is 0 Å². The quantitative estimate of drug-likeness (QED) is 0.461. The molecule has 0 unspecified atom stereocenters. The van der Waals surface area contributed by atoms with Gasteiger partial charge in [-0.1, -0.05) is 18.2 Å². The van der Waals surface area contributed by atoms with Gasteiger partial charge >= 0.3 is 0 Å². The summed E-state index contributed by atoms with van der Waals surface area (Å²) in [4.78, 5) is 21.7. The Kier molecular flexibility index (Phi) is 3.95. The first-order valence-electron chi connectivity index (χ1n) is 8.59. The number of hydrogen-bond donors (Lipinski definition) is 0. The van der Waals surface area contributed by atoms with Crippen molar-refractivity contribution in [1.29, 1.82) is 0 Å². The molecule has 5 aromatic heterocycles. The van der Waals surface area contributed by atoms with Gasteiger partial charge in [-0.05, 0) is 36.4 Å². The Labute approximate surface area is 159 Å². The van der Waals surface area contributed by atoms with Gasteiger partial charge in [-0.3, -0.25) is 9.97 Å². The molecule has 0 aliphatic heterocycles. The minimum absolute atomic E-state index is 0.409. The van der Waals surface area contributed by atoms with E-state index in [4.69, 9.17) is 8.83 Å². The maximum absolute atomic E-state index is 5.83. The largest absolute Gasteiger partial charge is 0.433 e. The van der Waals surface area contributed by atoms with Crippen LogP contribution in [-0.2, 0) is 0 Å². The predicted octanol–water partition coefficient (Wildman–Crippen LogP) is 4.52. The van der Waals surface area contributed by atoms with Gasteiger partial charge in [0.2, 0.25) is 11.8 Å². The molecule has 0 atom stereocenters. The second-order valence-electron chi connectivity index (χ2n) is 5.90. The van der Waals surface area contributed by atoms with Crippen LogP contribution in [0.25, 0.3) is 46.1 Å². The first-order chi connectivity index (χ1) is 13.9. The van der Waals surface area contributed by atoms with E-state index in [1.54, 1.807) is 24.8 Å². The van der Waals surface area contributed by atoms with E-state index in [0.717, 1.165) is 0 Å². The van der Waals surface area contributed by atoms with Crippen LogP contribution in [0.4, 0.5) is 0 Å². The molecule has 0 aromatic carbocycles. The van der Waals surface area contributed by atoms with Gasteiger partial charge in [0.15, 0.2) is 11.5 Å². The maximum Gasteiger partial charge on any atom is 0.245 e. The highest BCUT2D eigenvalue weighted by molar-refractivity contribution is 5.61. The first kappa shape index (κ1) is 16.1. The van der Waals surface area contributed by atoms with Crippen molar-refractivity contribution in [2.24, 2.45) is 0 Å². The van der Waals surface area contributed by atoms with Gasteiger partial charge in [0.25, 0.3) is 0 Å². The number of hydrogen-bond acceptors (Lipinski definition) is 7. The fourth-order valence-electron chi connectivity index (χ4n) is 2.71. The molecule has 5 rings (SSSR count). The Morgan fingerprint density at radius 1 is 0.500 bits per heavy atom. The summed E-state index contributed by atoms with van der Waals surface area (Å²) in [7, 11) is 0. The zero-order valence-electron chi connectivity index (χ0n) is 14.6. The van der Waals surface area contributed by atoms with Gasteiger partial charge in [0.05, 0.1) is 12.4 Å². The van der Waals surface area contributed by atoms with Gasteiger partial charge in [-0.25, -0.2) is 15.0 Å². The fourth-order valence-corrected chi connectivity index (χ4v) is 2.71. The van der Waals surface area contributed by atoms with Gasteiger partial charge < -0.3 is 8.83 Å². The molecule has 5 heterocycles. The van der Waals surface area contributed by atoms with E-state index < -0.39 is 0 Å². The van der Waals surface area contributed by atoms with E-state index in [1.807, 2.05) is 54.6 Å². The highest BCUT2D eigenvalue weighted by Crippen LogP contribution is 2.27. The molecule has 0 saturated heterocycles. The molecule has 28 heavy (non-hydrogen) atoms. The van der Waals surface area contributed by atoms with Crippen LogP contribution in [0.5, 0.6) is 0 Å². The van der Waals surface area contributed by atoms with E-state index in [-0.39, 0.29) is 0 Å². The predicted molar refractivity (Wildman–Crippen MR) is 102 cm³/mol. The Bertz CT molecular complexity index is 1120. The third kappa shape index (κ3) is 3.05. The zero-order chi connectivity index (χ0) is 18.8. The van der Waals surface area contributed by atoms with Crippen LogP contribution >= 0.6 is 0 Å². The standard InChI is InChI=1S/C21H13N5O2/c1-3-10-22-14(6-1)18-12-25-21(27-18)17-9-5-8-15(26-17)19-13-24-20(28-19)16-7-2-4-11-23-16/h1-13H. The van der Waals surface area contributed by atoms with Crippen molar-refractivity contribution < 1.29 is 8.83 Å². The van der Waals surface area contributed by atoms with Crippen molar-refractivity contribution >= 4 is 0 Å². The Morgan fingerprint density at radius 2 is 1.07 bits per heavy atom. The molecule has 0 N–H and O–H groups in total. The van der Waals surface area contributed by atoms with Crippen LogP contribution in [0.15, 0.2) is 88.2 Å². The summed E-state index contributed by atoms with van der Waals surface area (Å²) in [6.07, 6.45) is 6.67. The number of nitrogens with zero attached hydrogens (tertiary/aromatic N) is 5. The monoisotopic (exact) mass is 367 g/mol. The number of oxazole rings is 2. The van der Waals surface area contributed by atoms with E-state index in [2.05, 4.69) is 24.9 Å².